The van der Waals surface area contributed by atoms with Crippen LogP contribution in [-0.2, 0) is 0 Å². The number of aromatic nitrogens is 1. The van der Waals surface area contributed by atoms with Gasteiger partial charge in [-0.05, 0) is 35.9 Å². The summed E-state index contributed by atoms with van der Waals surface area (Å²) >= 11 is 0. The van der Waals surface area contributed by atoms with Gasteiger partial charge in [0, 0.05) is 0 Å². The molecule has 5 nitrogen and oxygen atoms in total. The summed E-state index contributed by atoms with van der Waals surface area (Å²) in [5.41, 5.74) is 1.58. The van der Waals surface area contributed by atoms with Gasteiger partial charge in [-0.25, -0.2) is 0 Å². The van der Waals surface area contributed by atoms with Gasteiger partial charge in [-0.3, -0.25) is 4.79 Å². The standard InChI is InChI=1S/C18H15NO4/c1-21-16-10-8-12(11-17(16)22-2)7-9-14-13-5-3-4-6-15(20)18(13)23-19-14/h3-11H,1-2H3/b9-7+. The van der Waals surface area contributed by atoms with Crippen molar-refractivity contribution in [3.05, 3.63) is 63.9 Å². The first kappa shape index (κ1) is 14.8. The molecule has 0 unspecified atom stereocenters. The van der Waals surface area contributed by atoms with Crippen LogP contribution < -0.4 is 14.9 Å². The lowest BCUT2D eigenvalue weighted by atomic mass is 10.1. The van der Waals surface area contributed by atoms with Gasteiger partial charge in [0.1, 0.15) is 5.69 Å². The minimum atomic E-state index is -0.191. The van der Waals surface area contributed by atoms with E-state index < -0.39 is 0 Å². The summed E-state index contributed by atoms with van der Waals surface area (Å²) in [6, 6.07) is 12.3. The molecule has 23 heavy (non-hydrogen) atoms. The first-order chi connectivity index (χ1) is 11.2. The SMILES string of the molecule is COc1ccc(/C=C/c2noc3c(=O)ccccc23)cc1OC. The smallest absolute Gasteiger partial charge is 0.224 e. The Kier molecular flexibility index (Phi) is 4.10. The highest BCUT2D eigenvalue weighted by Crippen LogP contribution is 2.28. The van der Waals surface area contributed by atoms with E-state index in [4.69, 9.17) is 14.0 Å². The van der Waals surface area contributed by atoms with Crippen LogP contribution in [0.5, 0.6) is 11.5 Å². The van der Waals surface area contributed by atoms with Gasteiger partial charge in [0.05, 0.1) is 19.6 Å². The van der Waals surface area contributed by atoms with Crippen LogP contribution in [0.1, 0.15) is 11.3 Å². The summed E-state index contributed by atoms with van der Waals surface area (Å²) in [4.78, 5) is 11.8. The van der Waals surface area contributed by atoms with Crippen LogP contribution in [0.4, 0.5) is 0 Å². The van der Waals surface area contributed by atoms with Crippen molar-refractivity contribution in [2.24, 2.45) is 0 Å². The van der Waals surface area contributed by atoms with Crippen LogP contribution in [0.15, 0.2) is 51.8 Å². The van der Waals surface area contributed by atoms with Crippen molar-refractivity contribution >= 4 is 23.1 Å². The molecule has 3 aromatic rings. The van der Waals surface area contributed by atoms with E-state index in [9.17, 15) is 4.79 Å². The van der Waals surface area contributed by atoms with Crippen molar-refractivity contribution in [1.82, 2.24) is 5.16 Å². The monoisotopic (exact) mass is 309 g/mol. The summed E-state index contributed by atoms with van der Waals surface area (Å²) in [5, 5.41) is 4.64. The van der Waals surface area contributed by atoms with Gasteiger partial charge in [0.2, 0.25) is 11.0 Å². The fourth-order valence-corrected chi connectivity index (χ4v) is 2.27. The van der Waals surface area contributed by atoms with Gasteiger partial charge in [0.15, 0.2) is 11.5 Å². The van der Waals surface area contributed by atoms with E-state index in [-0.39, 0.29) is 11.0 Å². The molecule has 2 aromatic carbocycles. The fourth-order valence-electron chi connectivity index (χ4n) is 2.27. The van der Waals surface area contributed by atoms with Gasteiger partial charge >= 0.3 is 0 Å². The highest BCUT2D eigenvalue weighted by atomic mass is 16.5. The number of hydrogen-bond donors (Lipinski definition) is 0. The van der Waals surface area contributed by atoms with Crippen LogP contribution in [0.3, 0.4) is 0 Å². The molecule has 0 aliphatic carbocycles. The number of fused-ring (bicyclic) bond motifs is 1. The van der Waals surface area contributed by atoms with E-state index in [1.165, 1.54) is 6.07 Å². The average Bonchev–Trinajstić information content (AvgIpc) is 2.90. The largest absolute Gasteiger partial charge is 0.493 e. The molecule has 0 radical (unpaired) electrons. The highest BCUT2D eigenvalue weighted by Gasteiger charge is 2.07. The van der Waals surface area contributed by atoms with Crippen molar-refractivity contribution in [2.75, 3.05) is 14.2 Å². The predicted octanol–water partition coefficient (Wildman–Crippen LogP) is 3.38. The minimum absolute atomic E-state index is 0.191. The fraction of sp³-hybridized carbons (Fsp3) is 0.111. The van der Waals surface area contributed by atoms with E-state index in [0.29, 0.717) is 22.6 Å². The Morgan fingerprint density at radius 1 is 1.00 bits per heavy atom. The van der Waals surface area contributed by atoms with Crippen molar-refractivity contribution in [1.29, 1.82) is 0 Å². The number of benzene rings is 1. The lowest BCUT2D eigenvalue weighted by Crippen LogP contribution is -1.91. The molecule has 1 aromatic heterocycles. The Labute approximate surface area is 132 Å². The molecule has 3 rings (SSSR count). The Morgan fingerprint density at radius 3 is 2.57 bits per heavy atom. The summed E-state index contributed by atoms with van der Waals surface area (Å²) < 4.78 is 15.6. The zero-order chi connectivity index (χ0) is 16.2. The molecule has 0 amide bonds. The average molecular weight is 309 g/mol. The summed E-state index contributed by atoms with van der Waals surface area (Å²) in [6.07, 6.45) is 3.67. The topological polar surface area (TPSA) is 61.6 Å². The Bertz CT molecular complexity index is 928. The van der Waals surface area contributed by atoms with Gasteiger partial charge in [0.25, 0.3) is 0 Å². The minimum Gasteiger partial charge on any atom is -0.493 e. The van der Waals surface area contributed by atoms with Crippen LogP contribution in [0.2, 0.25) is 0 Å². The predicted molar refractivity (Wildman–Crippen MR) is 88.8 cm³/mol. The second kappa shape index (κ2) is 6.36. The summed E-state index contributed by atoms with van der Waals surface area (Å²) in [7, 11) is 3.18. The second-order valence-corrected chi connectivity index (χ2v) is 4.84. The molecule has 1 heterocycles. The molecular formula is C18H15NO4. The van der Waals surface area contributed by atoms with E-state index in [1.807, 2.05) is 30.3 Å². The van der Waals surface area contributed by atoms with Crippen molar-refractivity contribution in [3.63, 3.8) is 0 Å². The Morgan fingerprint density at radius 2 is 1.78 bits per heavy atom. The number of nitrogens with zero attached hydrogens (tertiary/aromatic N) is 1. The van der Waals surface area contributed by atoms with Crippen molar-refractivity contribution in [3.8, 4) is 11.5 Å². The molecule has 5 heteroatoms. The normalized spacial score (nSPS) is 11.0. The zero-order valence-electron chi connectivity index (χ0n) is 12.8. The number of ether oxygens (including phenoxy) is 2. The molecule has 0 saturated heterocycles. The van der Waals surface area contributed by atoms with Crippen LogP contribution in [0.25, 0.3) is 23.1 Å². The Hall–Kier alpha value is -3.08. The molecule has 0 atom stereocenters. The summed E-state index contributed by atoms with van der Waals surface area (Å²) in [5.74, 6) is 1.31. The molecule has 0 fully saturated rings. The molecule has 0 bridgehead atoms. The van der Waals surface area contributed by atoms with Crippen molar-refractivity contribution < 1.29 is 14.0 Å². The molecule has 0 aliphatic heterocycles. The van der Waals surface area contributed by atoms with Gasteiger partial charge in [-0.15, -0.1) is 0 Å². The van der Waals surface area contributed by atoms with Crippen LogP contribution >= 0.6 is 0 Å². The van der Waals surface area contributed by atoms with E-state index in [1.54, 1.807) is 32.4 Å². The third kappa shape index (κ3) is 2.94. The third-order valence-electron chi connectivity index (χ3n) is 3.44. The van der Waals surface area contributed by atoms with Gasteiger partial charge in [-0.2, -0.15) is 0 Å². The molecule has 0 aliphatic rings. The first-order valence-electron chi connectivity index (χ1n) is 7.02. The van der Waals surface area contributed by atoms with E-state index in [0.717, 1.165) is 5.56 Å². The lowest BCUT2D eigenvalue weighted by Gasteiger charge is -2.07. The highest BCUT2D eigenvalue weighted by molar-refractivity contribution is 5.87. The Balaban J connectivity index is 2.00. The molecule has 0 N–H and O–H groups in total. The molecular weight excluding hydrogens is 294 g/mol. The summed E-state index contributed by atoms with van der Waals surface area (Å²) in [6.45, 7) is 0. The number of hydrogen-bond acceptors (Lipinski definition) is 5. The molecule has 0 saturated carbocycles. The second-order valence-electron chi connectivity index (χ2n) is 4.84. The maximum atomic E-state index is 11.8. The van der Waals surface area contributed by atoms with Crippen LogP contribution in [-0.4, -0.2) is 19.4 Å². The maximum Gasteiger partial charge on any atom is 0.224 e. The number of methoxy groups -OCH3 is 2. The van der Waals surface area contributed by atoms with Crippen molar-refractivity contribution in [2.45, 2.75) is 0 Å². The third-order valence-corrected chi connectivity index (χ3v) is 3.44. The zero-order valence-corrected chi connectivity index (χ0v) is 12.8. The van der Waals surface area contributed by atoms with E-state index in [2.05, 4.69) is 5.16 Å². The quantitative estimate of drug-likeness (QED) is 0.739. The lowest BCUT2D eigenvalue weighted by molar-refractivity contribution is 0.355. The van der Waals surface area contributed by atoms with Gasteiger partial charge < -0.3 is 14.0 Å². The molecule has 116 valence electrons. The molecule has 0 spiro atoms. The van der Waals surface area contributed by atoms with E-state index >= 15 is 0 Å². The first-order valence-corrected chi connectivity index (χ1v) is 7.02. The number of rotatable bonds is 4. The van der Waals surface area contributed by atoms with Gasteiger partial charge in [-0.1, -0.05) is 29.4 Å². The van der Waals surface area contributed by atoms with Crippen LogP contribution in [0, 0.1) is 0 Å². The maximum absolute atomic E-state index is 11.8.